The van der Waals surface area contributed by atoms with Crippen LogP contribution >= 0.6 is 0 Å². The van der Waals surface area contributed by atoms with E-state index < -0.39 is 41.2 Å². The molecule has 9 nitrogen and oxygen atoms in total. The summed E-state index contributed by atoms with van der Waals surface area (Å²) in [7, 11) is 0. The van der Waals surface area contributed by atoms with Gasteiger partial charge in [-0.3, -0.25) is 24.6 Å². The minimum Gasteiger partial charge on any atom is -0.507 e. The highest BCUT2D eigenvalue weighted by atomic mass is 16.6. The van der Waals surface area contributed by atoms with E-state index in [1.165, 1.54) is 12.1 Å². The molecule has 3 rings (SSSR count). The normalized spacial score (nSPS) is 19.4. The van der Waals surface area contributed by atoms with Gasteiger partial charge in [0, 0.05) is 5.70 Å². The number of nitrogens with zero attached hydrogens (tertiary/aromatic N) is 1. The van der Waals surface area contributed by atoms with Gasteiger partial charge < -0.3 is 15.2 Å². The molecule has 0 aliphatic carbocycles. The maximum absolute atomic E-state index is 13.0. The number of benzene rings is 1. The first kappa shape index (κ1) is 19.4. The van der Waals surface area contributed by atoms with Gasteiger partial charge in [0.15, 0.2) is 0 Å². The van der Waals surface area contributed by atoms with E-state index in [0.717, 1.165) is 4.90 Å². The first-order chi connectivity index (χ1) is 13.0. The average molecular weight is 387 g/mol. The van der Waals surface area contributed by atoms with Crippen LogP contribution in [0.5, 0.6) is 5.75 Å². The number of phenolic OH excluding ortho intramolecular Hbond substituents is 1. The van der Waals surface area contributed by atoms with E-state index in [1.807, 2.05) is 0 Å². The molecule has 1 fully saturated rings. The molecule has 0 bridgehead atoms. The maximum atomic E-state index is 13.0. The summed E-state index contributed by atoms with van der Waals surface area (Å²) in [6.07, 6.45) is -0.171. The molecule has 0 aromatic heterocycles. The molecule has 0 spiro atoms. The smallest absolute Gasteiger partial charge is 0.412 e. The topological polar surface area (TPSA) is 125 Å². The molecule has 4 amide bonds. The van der Waals surface area contributed by atoms with Crippen LogP contribution in [0.3, 0.4) is 0 Å². The monoisotopic (exact) mass is 387 g/mol. The second kappa shape index (κ2) is 6.66. The molecule has 28 heavy (non-hydrogen) atoms. The number of phenols is 1. The maximum Gasteiger partial charge on any atom is 0.412 e. The number of aromatic hydroxyl groups is 1. The highest BCUT2D eigenvalue weighted by molar-refractivity contribution is 6.26. The first-order valence-electron chi connectivity index (χ1n) is 8.72. The molecule has 0 radical (unpaired) electrons. The standard InChI is InChI=1S/C19H21N3O6/c1-9-5-7-11(15(24)20-9)22-16(25)13-10(21-18(27)28-19(2,3)4)6-8-12(23)14(13)17(22)26/h6,8,11,23H,1,5,7H2,2-4H3,(H,20,24)(H,21,27). The molecular weight excluding hydrogens is 366 g/mol. The molecule has 1 atom stereocenters. The van der Waals surface area contributed by atoms with Crippen LogP contribution in [0.1, 0.15) is 54.3 Å². The van der Waals surface area contributed by atoms with Gasteiger partial charge in [0.2, 0.25) is 5.91 Å². The minimum absolute atomic E-state index is 0.0172. The lowest BCUT2D eigenvalue weighted by molar-refractivity contribution is -0.125. The molecular formula is C19H21N3O6. The number of imide groups is 1. The van der Waals surface area contributed by atoms with Crippen molar-refractivity contribution in [2.75, 3.05) is 5.32 Å². The lowest BCUT2D eigenvalue weighted by atomic mass is 10.0. The largest absolute Gasteiger partial charge is 0.507 e. The van der Waals surface area contributed by atoms with Crippen LogP contribution in [0, 0.1) is 0 Å². The highest BCUT2D eigenvalue weighted by Crippen LogP contribution is 2.37. The number of allylic oxidation sites excluding steroid dienone is 1. The summed E-state index contributed by atoms with van der Waals surface area (Å²) in [6, 6.07) is 1.48. The van der Waals surface area contributed by atoms with Gasteiger partial charge in [-0.05, 0) is 45.7 Å². The molecule has 2 aliphatic heterocycles. The Bertz CT molecular complexity index is 915. The zero-order valence-corrected chi connectivity index (χ0v) is 15.8. The van der Waals surface area contributed by atoms with Crippen molar-refractivity contribution in [3.63, 3.8) is 0 Å². The minimum atomic E-state index is -1.02. The van der Waals surface area contributed by atoms with Gasteiger partial charge in [0.1, 0.15) is 17.4 Å². The number of hydrogen-bond acceptors (Lipinski definition) is 6. The van der Waals surface area contributed by atoms with Gasteiger partial charge in [-0.25, -0.2) is 4.79 Å². The quantitative estimate of drug-likeness (QED) is 0.527. The van der Waals surface area contributed by atoms with E-state index in [9.17, 15) is 24.3 Å². The summed E-state index contributed by atoms with van der Waals surface area (Å²) in [4.78, 5) is 51.0. The predicted octanol–water partition coefficient (Wildman–Crippen LogP) is 2.13. The second-order valence-electron chi connectivity index (χ2n) is 7.64. The van der Waals surface area contributed by atoms with Crippen molar-refractivity contribution in [1.82, 2.24) is 10.2 Å². The Morgan fingerprint density at radius 2 is 1.89 bits per heavy atom. The summed E-state index contributed by atoms with van der Waals surface area (Å²) < 4.78 is 5.17. The van der Waals surface area contributed by atoms with Crippen LogP contribution in [0.15, 0.2) is 24.4 Å². The molecule has 2 heterocycles. The van der Waals surface area contributed by atoms with Crippen LogP contribution < -0.4 is 10.6 Å². The molecule has 0 saturated carbocycles. The summed E-state index contributed by atoms with van der Waals surface area (Å²) >= 11 is 0. The SMILES string of the molecule is C=C1CCC(N2C(=O)c3c(O)ccc(NC(=O)OC(C)(C)C)c3C2=O)C(=O)N1. The van der Waals surface area contributed by atoms with Crippen molar-refractivity contribution in [2.45, 2.75) is 45.3 Å². The fraction of sp³-hybridized carbons (Fsp3) is 0.368. The van der Waals surface area contributed by atoms with Crippen molar-refractivity contribution in [1.29, 1.82) is 0 Å². The number of rotatable bonds is 2. The third-order valence-electron chi connectivity index (χ3n) is 4.32. The molecule has 3 N–H and O–H groups in total. The Balaban J connectivity index is 1.95. The summed E-state index contributed by atoms with van der Waals surface area (Å²) in [5.74, 6) is -2.49. The van der Waals surface area contributed by atoms with Crippen molar-refractivity contribution in [3.8, 4) is 5.75 Å². The van der Waals surface area contributed by atoms with Gasteiger partial charge in [-0.15, -0.1) is 0 Å². The second-order valence-corrected chi connectivity index (χ2v) is 7.64. The van der Waals surface area contributed by atoms with Crippen LogP contribution in [0.25, 0.3) is 0 Å². The zero-order valence-electron chi connectivity index (χ0n) is 15.8. The summed E-state index contributed by atoms with van der Waals surface area (Å²) in [5, 5.41) is 15.1. The lowest BCUT2D eigenvalue weighted by Gasteiger charge is -2.29. The number of carbonyl (C=O) groups excluding carboxylic acids is 4. The van der Waals surface area contributed by atoms with E-state index >= 15 is 0 Å². The van der Waals surface area contributed by atoms with E-state index in [1.54, 1.807) is 20.8 Å². The van der Waals surface area contributed by atoms with Crippen molar-refractivity contribution in [2.24, 2.45) is 0 Å². The lowest BCUT2D eigenvalue weighted by Crippen LogP contribution is -2.51. The Kier molecular flexibility index (Phi) is 4.62. The number of hydrogen-bond donors (Lipinski definition) is 3. The Morgan fingerprint density at radius 1 is 1.25 bits per heavy atom. The highest BCUT2D eigenvalue weighted by Gasteiger charge is 2.46. The third-order valence-corrected chi connectivity index (χ3v) is 4.32. The van der Waals surface area contributed by atoms with E-state index in [2.05, 4.69) is 17.2 Å². The first-order valence-corrected chi connectivity index (χ1v) is 8.72. The molecule has 1 saturated heterocycles. The van der Waals surface area contributed by atoms with E-state index in [0.29, 0.717) is 12.1 Å². The van der Waals surface area contributed by atoms with Crippen LogP contribution in [0.4, 0.5) is 10.5 Å². The van der Waals surface area contributed by atoms with Crippen LogP contribution in [-0.2, 0) is 9.53 Å². The predicted molar refractivity (Wildman–Crippen MR) is 98.8 cm³/mol. The molecule has 148 valence electrons. The fourth-order valence-corrected chi connectivity index (χ4v) is 3.17. The van der Waals surface area contributed by atoms with Crippen LogP contribution in [-0.4, -0.2) is 45.5 Å². The molecule has 2 aliphatic rings. The Labute approximate surface area is 161 Å². The summed E-state index contributed by atoms with van der Waals surface area (Å²) in [6.45, 7) is 8.71. The molecule has 9 heteroatoms. The van der Waals surface area contributed by atoms with Gasteiger partial charge in [-0.2, -0.15) is 0 Å². The Hall–Kier alpha value is -3.36. The van der Waals surface area contributed by atoms with E-state index in [-0.39, 0.29) is 23.2 Å². The molecule has 1 unspecified atom stereocenters. The van der Waals surface area contributed by atoms with Crippen molar-refractivity contribution < 1.29 is 29.0 Å². The van der Waals surface area contributed by atoms with Crippen molar-refractivity contribution in [3.05, 3.63) is 35.5 Å². The Morgan fingerprint density at radius 3 is 2.50 bits per heavy atom. The van der Waals surface area contributed by atoms with Crippen molar-refractivity contribution >= 4 is 29.5 Å². The number of anilines is 1. The zero-order chi connectivity index (χ0) is 20.8. The number of fused-ring (bicyclic) bond motifs is 1. The number of piperidine rings is 1. The molecule has 1 aromatic rings. The van der Waals surface area contributed by atoms with Gasteiger partial charge in [0.25, 0.3) is 11.8 Å². The fourth-order valence-electron chi connectivity index (χ4n) is 3.17. The van der Waals surface area contributed by atoms with Crippen LogP contribution in [0.2, 0.25) is 0 Å². The number of carbonyl (C=O) groups is 4. The average Bonchev–Trinajstić information content (AvgIpc) is 2.81. The number of ether oxygens (including phenoxy) is 1. The third kappa shape index (κ3) is 3.42. The number of nitrogens with one attached hydrogen (secondary N) is 2. The number of amides is 4. The summed E-state index contributed by atoms with van der Waals surface area (Å²) in [5.41, 5.74) is -0.668. The van der Waals surface area contributed by atoms with Gasteiger partial charge in [-0.1, -0.05) is 6.58 Å². The van der Waals surface area contributed by atoms with Gasteiger partial charge in [0.05, 0.1) is 16.8 Å². The van der Waals surface area contributed by atoms with E-state index in [4.69, 9.17) is 4.74 Å². The molecule has 1 aromatic carbocycles. The van der Waals surface area contributed by atoms with Gasteiger partial charge >= 0.3 is 6.09 Å².